The third-order valence-corrected chi connectivity index (χ3v) is 11.7. The van der Waals surface area contributed by atoms with Crippen LogP contribution in [0, 0.1) is 18.4 Å². The first-order valence-electron chi connectivity index (χ1n) is 8.42. The van der Waals surface area contributed by atoms with Gasteiger partial charge < -0.3 is 4.42 Å². The minimum absolute atomic E-state index is 0.251. The summed E-state index contributed by atoms with van der Waals surface area (Å²) in [6.07, 6.45) is 1.94. The summed E-state index contributed by atoms with van der Waals surface area (Å²) in [5.41, 5.74) is 5.85. The summed E-state index contributed by atoms with van der Waals surface area (Å²) in [6.45, 7) is 16.1. The average Bonchev–Trinajstić information content (AvgIpc) is 2.81. The maximum Gasteiger partial charge on any atom is 0.146 e. The van der Waals surface area contributed by atoms with E-state index >= 15 is 0 Å². The van der Waals surface area contributed by atoms with E-state index in [-0.39, 0.29) is 4.83 Å². The Morgan fingerprint density at radius 1 is 1.05 bits per heavy atom. The molecule has 1 heterocycles. The van der Waals surface area contributed by atoms with Gasteiger partial charge in [0.25, 0.3) is 0 Å². The Balaban J connectivity index is 2.79. The zero-order valence-corrected chi connectivity index (χ0v) is 17.8. The second-order valence-corrected chi connectivity index (χ2v) is 13.9. The highest BCUT2D eigenvalue weighted by atomic mass is 79.9. The molecule has 0 radical (unpaired) electrons. The summed E-state index contributed by atoms with van der Waals surface area (Å²) in [6, 6.07) is 4.09. The smallest absolute Gasteiger partial charge is 0.146 e. The highest BCUT2D eigenvalue weighted by Gasteiger charge is 2.41. The molecule has 0 N–H and O–H groups in total. The van der Waals surface area contributed by atoms with E-state index < -0.39 is 8.07 Å². The lowest BCUT2D eigenvalue weighted by Crippen LogP contribution is -2.43. The van der Waals surface area contributed by atoms with Gasteiger partial charge in [-0.05, 0) is 42.1 Å². The molecule has 1 nitrogen and oxygen atoms in total. The van der Waals surface area contributed by atoms with E-state index in [1.54, 1.807) is 0 Å². The Hall–Kier alpha value is -0.463. The van der Waals surface area contributed by atoms with Crippen LogP contribution in [0.2, 0.25) is 16.6 Å². The fraction of sp³-hybridized carbons (Fsp3) is 0.684. The van der Waals surface area contributed by atoms with Crippen LogP contribution in [0.5, 0.6) is 0 Å². The number of halogens is 1. The van der Waals surface area contributed by atoms with Crippen molar-refractivity contribution in [2.45, 2.75) is 82.8 Å². The molecule has 3 heteroatoms. The van der Waals surface area contributed by atoms with E-state index in [9.17, 15) is 0 Å². The van der Waals surface area contributed by atoms with Gasteiger partial charge in [0.2, 0.25) is 0 Å². The van der Waals surface area contributed by atoms with Gasteiger partial charge in [-0.15, -0.1) is 5.54 Å². The van der Waals surface area contributed by atoms with Crippen LogP contribution in [0.15, 0.2) is 16.5 Å². The fourth-order valence-corrected chi connectivity index (χ4v) is 9.44. The molecule has 1 aromatic rings. The second-order valence-electron chi connectivity index (χ2n) is 7.19. The van der Waals surface area contributed by atoms with Crippen LogP contribution in [-0.4, -0.2) is 12.9 Å². The molecule has 1 unspecified atom stereocenters. The van der Waals surface area contributed by atoms with E-state index in [1.165, 1.54) is 0 Å². The van der Waals surface area contributed by atoms with Crippen molar-refractivity contribution in [1.29, 1.82) is 0 Å². The molecule has 0 fully saturated rings. The zero-order chi connectivity index (χ0) is 16.9. The largest absolute Gasteiger partial charge is 0.466 e. The number of alkyl halides is 1. The molecule has 124 valence electrons. The lowest BCUT2D eigenvalue weighted by Gasteiger charge is -2.38. The molecule has 1 aromatic heterocycles. The quantitative estimate of drug-likeness (QED) is 0.310. The van der Waals surface area contributed by atoms with Crippen LogP contribution in [0.3, 0.4) is 0 Å². The third-order valence-electron chi connectivity index (χ3n) is 4.75. The summed E-state index contributed by atoms with van der Waals surface area (Å²) in [4.78, 5) is 0.251. The number of aryl methyl sites for hydroxylation is 2. The van der Waals surface area contributed by atoms with Gasteiger partial charge in [-0.1, -0.05) is 63.4 Å². The molecule has 0 amide bonds. The molecule has 0 aliphatic rings. The molecule has 1 atom stereocenters. The lowest BCUT2D eigenvalue weighted by atomic mass is 10.2. The topological polar surface area (TPSA) is 13.1 Å². The van der Waals surface area contributed by atoms with Gasteiger partial charge in [-0.2, -0.15) is 0 Å². The van der Waals surface area contributed by atoms with Crippen molar-refractivity contribution >= 4 is 24.0 Å². The predicted octanol–water partition coefficient (Wildman–Crippen LogP) is 6.51. The molecule has 0 spiro atoms. The third kappa shape index (κ3) is 4.76. The predicted molar refractivity (Wildman–Crippen MR) is 103 cm³/mol. The Kier molecular flexibility index (Phi) is 7.48. The number of hydrogen-bond acceptors (Lipinski definition) is 1. The summed E-state index contributed by atoms with van der Waals surface area (Å²) in [5, 5.41) is 0. The first kappa shape index (κ1) is 19.6. The molecular weight excluding hydrogens is 352 g/mol. The van der Waals surface area contributed by atoms with E-state index in [1.807, 2.05) is 13.0 Å². The van der Waals surface area contributed by atoms with E-state index in [2.05, 4.69) is 75.0 Å². The minimum atomic E-state index is -1.61. The first-order chi connectivity index (χ1) is 10.2. The maximum atomic E-state index is 5.63. The summed E-state index contributed by atoms with van der Waals surface area (Å²) >= 11 is 3.75. The Morgan fingerprint density at radius 2 is 1.59 bits per heavy atom. The highest BCUT2D eigenvalue weighted by molar-refractivity contribution is 9.09. The first-order valence-corrected chi connectivity index (χ1v) is 11.6. The number of rotatable bonds is 6. The van der Waals surface area contributed by atoms with Gasteiger partial charge in [0.05, 0.1) is 4.83 Å². The summed E-state index contributed by atoms with van der Waals surface area (Å²) in [7, 11) is -1.61. The van der Waals surface area contributed by atoms with Gasteiger partial charge in [0.15, 0.2) is 0 Å². The molecule has 0 aliphatic heterocycles. The maximum absolute atomic E-state index is 5.63. The van der Waals surface area contributed by atoms with Gasteiger partial charge in [0.1, 0.15) is 19.6 Å². The second kappa shape index (κ2) is 8.41. The SMILES string of the molecule is Cc1ccc(CCC(Br)C#C[Si](C(C)C)(C(C)C)C(C)C)o1. The monoisotopic (exact) mass is 382 g/mol. The standard InChI is InChI=1S/C19H31BrOSi/c1-14(2)22(15(3)4,16(5)6)13-12-18(20)9-11-19-10-8-17(7)21-19/h8,10,14-16,18H,9,11H2,1-7H3. The Morgan fingerprint density at radius 3 is 2.00 bits per heavy atom. The molecule has 0 saturated heterocycles. The van der Waals surface area contributed by atoms with Crippen LogP contribution in [0.1, 0.15) is 59.5 Å². The van der Waals surface area contributed by atoms with Crippen molar-refractivity contribution in [2.24, 2.45) is 0 Å². The summed E-state index contributed by atoms with van der Waals surface area (Å²) in [5.74, 6) is 5.57. The molecule has 1 rings (SSSR count). The van der Waals surface area contributed by atoms with E-state index in [4.69, 9.17) is 4.42 Å². The van der Waals surface area contributed by atoms with Crippen LogP contribution in [0.4, 0.5) is 0 Å². The van der Waals surface area contributed by atoms with Crippen molar-refractivity contribution in [3.05, 3.63) is 23.7 Å². The molecule has 0 bridgehead atoms. The van der Waals surface area contributed by atoms with Crippen molar-refractivity contribution in [3.63, 3.8) is 0 Å². The minimum Gasteiger partial charge on any atom is -0.466 e. The molecular formula is C19H31BrOSi. The number of furan rings is 1. The van der Waals surface area contributed by atoms with Crippen molar-refractivity contribution < 1.29 is 4.42 Å². The molecule has 0 saturated carbocycles. The normalized spacial score (nSPS) is 13.6. The lowest BCUT2D eigenvalue weighted by molar-refractivity contribution is 0.479. The highest BCUT2D eigenvalue weighted by Crippen LogP contribution is 2.40. The molecule has 0 aromatic carbocycles. The number of hydrogen-bond donors (Lipinski definition) is 0. The van der Waals surface area contributed by atoms with E-state index in [0.29, 0.717) is 16.6 Å². The van der Waals surface area contributed by atoms with Crippen LogP contribution in [-0.2, 0) is 6.42 Å². The van der Waals surface area contributed by atoms with Gasteiger partial charge in [0, 0.05) is 6.42 Å². The van der Waals surface area contributed by atoms with E-state index in [0.717, 1.165) is 24.4 Å². The molecule has 22 heavy (non-hydrogen) atoms. The van der Waals surface area contributed by atoms with Crippen LogP contribution in [0.25, 0.3) is 0 Å². The Labute approximate surface area is 146 Å². The van der Waals surface area contributed by atoms with Crippen LogP contribution >= 0.6 is 15.9 Å². The van der Waals surface area contributed by atoms with Gasteiger partial charge >= 0.3 is 0 Å². The Bertz CT molecular complexity index is 497. The van der Waals surface area contributed by atoms with Crippen molar-refractivity contribution in [3.8, 4) is 11.5 Å². The summed E-state index contributed by atoms with van der Waals surface area (Å²) < 4.78 is 5.63. The van der Waals surface area contributed by atoms with Gasteiger partial charge in [-0.25, -0.2) is 0 Å². The average molecular weight is 383 g/mol. The van der Waals surface area contributed by atoms with Gasteiger partial charge in [-0.3, -0.25) is 0 Å². The van der Waals surface area contributed by atoms with Crippen molar-refractivity contribution in [1.82, 2.24) is 0 Å². The fourth-order valence-electron chi connectivity index (χ4n) is 3.60. The zero-order valence-electron chi connectivity index (χ0n) is 15.2. The van der Waals surface area contributed by atoms with Crippen LogP contribution < -0.4 is 0 Å². The van der Waals surface area contributed by atoms with Crippen molar-refractivity contribution in [2.75, 3.05) is 0 Å². The molecule has 0 aliphatic carbocycles.